The molecule has 2 rings (SSSR count). The molecule has 76 valence electrons. The summed E-state index contributed by atoms with van der Waals surface area (Å²) >= 11 is 0. The normalized spacial score (nSPS) is 21.9. The average molecular weight is 193 g/mol. The summed E-state index contributed by atoms with van der Waals surface area (Å²) in [7, 11) is 1.70. The van der Waals surface area contributed by atoms with Crippen molar-refractivity contribution in [1.82, 2.24) is 5.32 Å². The Balaban J connectivity index is 2.20. The molecule has 0 bridgehead atoms. The third-order valence-corrected chi connectivity index (χ3v) is 2.44. The Labute approximate surface area is 84.0 Å². The summed E-state index contributed by atoms with van der Waals surface area (Å²) in [5, 5.41) is 3.41. The Morgan fingerprint density at radius 3 is 3.00 bits per heavy atom. The largest absolute Gasteiger partial charge is 0.496 e. The number of para-hydroxylation sites is 1. The minimum atomic E-state index is 0.264. The topological polar surface area (TPSA) is 30.5 Å². The predicted molar refractivity (Wildman–Crippen MR) is 54.6 cm³/mol. The quantitative estimate of drug-likeness (QED) is 0.769. The van der Waals surface area contributed by atoms with E-state index in [9.17, 15) is 0 Å². The molecule has 1 heterocycles. The summed E-state index contributed by atoms with van der Waals surface area (Å²) in [6.07, 6.45) is 0. The number of hydrogen-bond acceptors (Lipinski definition) is 3. The maximum Gasteiger partial charge on any atom is 0.123 e. The number of nitrogens with one attached hydrogen (secondary N) is 1. The predicted octanol–water partition coefficient (Wildman–Crippen LogP) is 1.36. The summed E-state index contributed by atoms with van der Waals surface area (Å²) in [6.45, 7) is 2.43. The van der Waals surface area contributed by atoms with E-state index in [1.165, 1.54) is 5.56 Å². The van der Waals surface area contributed by atoms with Crippen molar-refractivity contribution in [1.29, 1.82) is 0 Å². The first-order valence-corrected chi connectivity index (χ1v) is 4.86. The van der Waals surface area contributed by atoms with Crippen molar-refractivity contribution in [3.05, 3.63) is 29.8 Å². The molecule has 1 saturated heterocycles. The van der Waals surface area contributed by atoms with Gasteiger partial charge in [0.1, 0.15) is 5.75 Å². The van der Waals surface area contributed by atoms with E-state index in [4.69, 9.17) is 9.47 Å². The van der Waals surface area contributed by atoms with Crippen LogP contribution in [0.4, 0.5) is 0 Å². The van der Waals surface area contributed by atoms with E-state index in [-0.39, 0.29) is 6.04 Å². The number of rotatable bonds is 2. The van der Waals surface area contributed by atoms with E-state index in [1.807, 2.05) is 18.2 Å². The fourth-order valence-corrected chi connectivity index (χ4v) is 1.72. The minimum absolute atomic E-state index is 0.264. The van der Waals surface area contributed by atoms with Gasteiger partial charge in [-0.05, 0) is 6.07 Å². The molecule has 1 aliphatic heterocycles. The van der Waals surface area contributed by atoms with E-state index in [1.54, 1.807) is 7.11 Å². The molecule has 0 aromatic heterocycles. The van der Waals surface area contributed by atoms with Gasteiger partial charge in [-0.25, -0.2) is 0 Å². The zero-order chi connectivity index (χ0) is 9.80. The molecule has 0 spiro atoms. The molecule has 3 heteroatoms. The molecular formula is C11H15NO2. The zero-order valence-electron chi connectivity index (χ0n) is 8.32. The van der Waals surface area contributed by atoms with Crippen molar-refractivity contribution in [3.8, 4) is 5.75 Å². The Bertz CT molecular complexity index is 295. The molecule has 0 amide bonds. The number of morpholine rings is 1. The van der Waals surface area contributed by atoms with Crippen LogP contribution in [0.25, 0.3) is 0 Å². The maximum absolute atomic E-state index is 5.42. The third kappa shape index (κ3) is 1.89. The van der Waals surface area contributed by atoms with Gasteiger partial charge in [0, 0.05) is 12.1 Å². The Morgan fingerprint density at radius 2 is 2.29 bits per heavy atom. The van der Waals surface area contributed by atoms with Crippen LogP contribution in [0.5, 0.6) is 5.75 Å². The van der Waals surface area contributed by atoms with Gasteiger partial charge >= 0.3 is 0 Å². The Morgan fingerprint density at radius 1 is 1.43 bits per heavy atom. The van der Waals surface area contributed by atoms with Crippen LogP contribution >= 0.6 is 0 Å². The minimum Gasteiger partial charge on any atom is -0.496 e. The SMILES string of the molecule is COc1ccccc1C1COCCN1. The monoisotopic (exact) mass is 193 g/mol. The first kappa shape index (κ1) is 9.49. The van der Waals surface area contributed by atoms with Gasteiger partial charge in [0.2, 0.25) is 0 Å². The molecule has 1 aromatic carbocycles. The molecular weight excluding hydrogens is 178 g/mol. The second-order valence-electron chi connectivity index (χ2n) is 3.32. The molecule has 3 nitrogen and oxygen atoms in total. The smallest absolute Gasteiger partial charge is 0.123 e. The van der Waals surface area contributed by atoms with Gasteiger partial charge in [-0.3, -0.25) is 0 Å². The highest BCUT2D eigenvalue weighted by Gasteiger charge is 2.17. The van der Waals surface area contributed by atoms with Crippen LogP contribution in [-0.2, 0) is 4.74 Å². The molecule has 1 fully saturated rings. The number of methoxy groups -OCH3 is 1. The van der Waals surface area contributed by atoms with Crippen LogP contribution in [-0.4, -0.2) is 26.9 Å². The molecule has 1 aliphatic rings. The molecule has 14 heavy (non-hydrogen) atoms. The van der Waals surface area contributed by atoms with Gasteiger partial charge < -0.3 is 14.8 Å². The van der Waals surface area contributed by atoms with Gasteiger partial charge in [0.05, 0.1) is 26.4 Å². The highest BCUT2D eigenvalue weighted by molar-refractivity contribution is 5.36. The number of ether oxygens (including phenoxy) is 2. The van der Waals surface area contributed by atoms with E-state index in [0.29, 0.717) is 0 Å². The number of benzene rings is 1. The van der Waals surface area contributed by atoms with Gasteiger partial charge in [-0.15, -0.1) is 0 Å². The Kier molecular flexibility index (Phi) is 3.01. The summed E-state index contributed by atoms with van der Waals surface area (Å²) < 4.78 is 10.7. The average Bonchev–Trinajstić information content (AvgIpc) is 2.30. The summed E-state index contributed by atoms with van der Waals surface area (Å²) in [4.78, 5) is 0. The second kappa shape index (κ2) is 4.44. The highest BCUT2D eigenvalue weighted by atomic mass is 16.5. The van der Waals surface area contributed by atoms with Crippen LogP contribution < -0.4 is 10.1 Å². The van der Waals surface area contributed by atoms with Crippen LogP contribution in [0.3, 0.4) is 0 Å². The fourth-order valence-electron chi connectivity index (χ4n) is 1.72. The van der Waals surface area contributed by atoms with Crippen LogP contribution in [0.1, 0.15) is 11.6 Å². The summed E-state index contributed by atoms with van der Waals surface area (Å²) in [6, 6.07) is 8.32. The van der Waals surface area contributed by atoms with Gasteiger partial charge in [0.15, 0.2) is 0 Å². The van der Waals surface area contributed by atoms with Gasteiger partial charge in [-0.2, -0.15) is 0 Å². The van der Waals surface area contributed by atoms with Crippen LogP contribution in [0.2, 0.25) is 0 Å². The van der Waals surface area contributed by atoms with Gasteiger partial charge in [-0.1, -0.05) is 18.2 Å². The maximum atomic E-state index is 5.42. The van der Waals surface area contributed by atoms with Crippen molar-refractivity contribution in [3.63, 3.8) is 0 Å². The third-order valence-electron chi connectivity index (χ3n) is 2.44. The van der Waals surface area contributed by atoms with Gasteiger partial charge in [0.25, 0.3) is 0 Å². The van der Waals surface area contributed by atoms with Crippen molar-refractivity contribution in [2.45, 2.75) is 6.04 Å². The van der Waals surface area contributed by atoms with E-state index >= 15 is 0 Å². The lowest BCUT2D eigenvalue weighted by Gasteiger charge is -2.25. The second-order valence-corrected chi connectivity index (χ2v) is 3.32. The highest BCUT2D eigenvalue weighted by Crippen LogP contribution is 2.25. The first-order chi connectivity index (χ1) is 6.92. The lowest BCUT2D eigenvalue weighted by atomic mass is 10.1. The molecule has 1 aromatic rings. The Hall–Kier alpha value is -1.06. The zero-order valence-corrected chi connectivity index (χ0v) is 8.32. The first-order valence-electron chi connectivity index (χ1n) is 4.86. The van der Waals surface area contributed by atoms with Crippen molar-refractivity contribution >= 4 is 0 Å². The fraction of sp³-hybridized carbons (Fsp3) is 0.455. The summed E-state index contributed by atoms with van der Waals surface area (Å²) in [5.41, 5.74) is 1.18. The summed E-state index contributed by atoms with van der Waals surface area (Å²) in [5.74, 6) is 0.926. The van der Waals surface area contributed by atoms with Crippen molar-refractivity contribution in [2.24, 2.45) is 0 Å². The number of hydrogen-bond donors (Lipinski definition) is 1. The molecule has 0 aliphatic carbocycles. The molecule has 1 unspecified atom stereocenters. The standard InChI is InChI=1S/C11H15NO2/c1-13-11-5-3-2-4-9(11)10-8-14-7-6-12-10/h2-5,10,12H,6-8H2,1H3. The van der Waals surface area contributed by atoms with Crippen LogP contribution in [0.15, 0.2) is 24.3 Å². The van der Waals surface area contributed by atoms with Crippen molar-refractivity contribution < 1.29 is 9.47 Å². The lowest BCUT2D eigenvalue weighted by molar-refractivity contribution is 0.0760. The van der Waals surface area contributed by atoms with E-state index < -0.39 is 0 Å². The lowest BCUT2D eigenvalue weighted by Crippen LogP contribution is -2.34. The molecule has 0 saturated carbocycles. The van der Waals surface area contributed by atoms with Crippen molar-refractivity contribution in [2.75, 3.05) is 26.9 Å². The van der Waals surface area contributed by atoms with Crippen LogP contribution in [0, 0.1) is 0 Å². The van der Waals surface area contributed by atoms with E-state index in [2.05, 4.69) is 11.4 Å². The molecule has 1 atom stereocenters. The van der Waals surface area contributed by atoms with E-state index in [0.717, 1.165) is 25.5 Å². The molecule has 0 radical (unpaired) electrons. The molecule has 1 N–H and O–H groups in total.